The molecule has 29 heavy (non-hydrogen) atoms. The second kappa shape index (κ2) is 9.07. The van der Waals surface area contributed by atoms with Crippen molar-refractivity contribution in [3.63, 3.8) is 0 Å². The van der Waals surface area contributed by atoms with Crippen molar-refractivity contribution in [2.45, 2.75) is 75.4 Å². The van der Waals surface area contributed by atoms with Crippen molar-refractivity contribution in [2.75, 3.05) is 27.2 Å². The molecule has 1 N–H and O–H groups in total. The van der Waals surface area contributed by atoms with Crippen LogP contribution in [0, 0.1) is 5.92 Å². The zero-order valence-corrected chi connectivity index (χ0v) is 19.5. The molecule has 0 bridgehead atoms. The Morgan fingerprint density at radius 2 is 1.59 bits per heavy atom. The molecule has 0 amide bonds. The molecule has 1 aromatic rings. The molecular formula is C24H36BrNO3. The van der Waals surface area contributed by atoms with Gasteiger partial charge in [-0.1, -0.05) is 49.9 Å². The van der Waals surface area contributed by atoms with E-state index in [4.69, 9.17) is 4.74 Å². The van der Waals surface area contributed by atoms with Crippen LogP contribution in [0.4, 0.5) is 0 Å². The Balaban J connectivity index is 0.00000240. The minimum Gasteiger partial charge on any atom is -1.00 e. The second-order valence-corrected chi connectivity index (χ2v) is 10.0. The fraction of sp³-hybridized carbons (Fsp3) is 0.708. The molecule has 3 aliphatic rings. The van der Waals surface area contributed by atoms with Crippen LogP contribution in [0.2, 0.25) is 0 Å². The lowest BCUT2D eigenvalue weighted by Crippen LogP contribution is -3.00. The molecule has 1 heterocycles. The molecule has 162 valence electrons. The van der Waals surface area contributed by atoms with E-state index >= 15 is 0 Å². The number of ether oxygens (including phenoxy) is 1. The maximum absolute atomic E-state index is 13.3. The summed E-state index contributed by atoms with van der Waals surface area (Å²) in [7, 11) is 4.33. The van der Waals surface area contributed by atoms with Gasteiger partial charge in [-0.05, 0) is 42.7 Å². The van der Waals surface area contributed by atoms with Crippen LogP contribution in [0.15, 0.2) is 24.3 Å². The van der Waals surface area contributed by atoms with E-state index in [0.717, 1.165) is 55.2 Å². The lowest BCUT2D eigenvalue weighted by molar-refractivity contribution is -0.879. The van der Waals surface area contributed by atoms with Gasteiger partial charge in [-0.3, -0.25) is 0 Å². The third-order valence-corrected chi connectivity index (χ3v) is 7.46. The van der Waals surface area contributed by atoms with Crippen LogP contribution >= 0.6 is 0 Å². The van der Waals surface area contributed by atoms with E-state index in [-0.39, 0.29) is 29.0 Å². The van der Waals surface area contributed by atoms with Gasteiger partial charge in [0, 0.05) is 12.3 Å². The largest absolute Gasteiger partial charge is 1.00 e. The molecule has 0 radical (unpaired) electrons. The zero-order valence-electron chi connectivity index (χ0n) is 17.9. The number of carbonyl (C=O) groups excluding carboxylic acids is 1. The molecule has 1 saturated heterocycles. The van der Waals surface area contributed by atoms with Crippen LogP contribution in [-0.4, -0.2) is 48.8 Å². The number of carbonyl (C=O) groups is 1. The minimum absolute atomic E-state index is 0. The van der Waals surface area contributed by atoms with E-state index in [1.54, 1.807) is 0 Å². The Morgan fingerprint density at radius 1 is 1.00 bits per heavy atom. The SMILES string of the molecule is C[N+]1(C)CCC(OC(=O)C(O)(c2ccc(C3CCCC3)cc2)C2CCCC2)C1.[Br-]. The van der Waals surface area contributed by atoms with Crippen molar-refractivity contribution in [3.8, 4) is 0 Å². The Kier molecular flexibility index (Phi) is 7.12. The van der Waals surface area contributed by atoms with E-state index in [2.05, 4.69) is 26.2 Å². The molecule has 0 aromatic heterocycles. The predicted octanol–water partition coefficient (Wildman–Crippen LogP) is 1.12. The normalized spacial score (nSPS) is 26.8. The first-order valence-electron chi connectivity index (χ1n) is 11.2. The molecule has 4 nitrogen and oxygen atoms in total. The topological polar surface area (TPSA) is 46.5 Å². The molecule has 2 unspecified atom stereocenters. The van der Waals surface area contributed by atoms with Gasteiger partial charge >= 0.3 is 5.97 Å². The fourth-order valence-electron chi connectivity index (χ4n) is 5.70. The molecule has 1 aliphatic heterocycles. The fourth-order valence-corrected chi connectivity index (χ4v) is 5.70. The highest BCUT2D eigenvalue weighted by Gasteiger charge is 2.49. The first-order chi connectivity index (χ1) is 13.4. The Labute approximate surface area is 186 Å². The van der Waals surface area contributed by atoms with Crippen molar-refractivity contribution in [3.05, 3.63) is 35.4 Å². The summed E-state index contributed by atoms with van der Waals surface area (Å²) < 4.78 is 6.78. The van der Waals surface area contributed by atoms with Crippen LogP contribution in [-0.2, 0) is 15.1 Å². The first-order valence-corrected chi connectivity index (χ1v) is 11.2. The lowest BCUT2D eigenvalue weighted by Gasteiger charge is -2.33. The Morgan fingerprint density at radius 3 is 2.14 bits per heavy atom. The van der Waals surface area contributed by atoms with Crippen molar-refractivity contribution in [1.29, 1.82) is 0 Å². The summed E-state index contributed by atoms with van der Waals surface area (Å²) in [4.78, 5) is 13.3. The lowest BCUT2D eigenvalue weighted by atomic mass is 9.79. The van der Waals surface area contributed by atoms with Gasteiger partial charge < -0.3 is 31.3 Å². The molecule has 1 aromatic carbocycles. The third-order valence-electron chi connectivity index (χ3n) is 7.46. The molecule has 2 aliphatic carbocycles. The highest BCUT2D eigenvalue weighted by atomic mass is 79.9. The molecule has 2 saturated carbocycles. The molecular weight excluding hydrogens is 430 g/mol. The quantitative estimate of drug-likeness (QED) is 0.523. The maximum Gasteiger partial charge on any atom is 0.343 e. The standard InChI is InChI=1S/C24H36NO3.BrH/c1-25(2)16-15-22(17-25)28-23(26)24(27,20-9-5-6-10-20)21-13-11-19(12-14-21)18-7-3-4-8-18;/h11-14,18,20,22,27H,3-10,15-17H2,1-2H3;1H/q+1;/p-1. The van der Waals surface area contributed by atoms with Gasteiger partial charge in [0.2, 0.25) is 0 Å². The maximum atomic E-state index is 13.3. The van der Waals surface area contributed by atoms with Crippen molar-refractivity contribution in [2.24, 2.45) is 5.92 Å². The van der Waals surface area contributed by atoms with E-state index in [1.807, 2.05) is 12.1 Å². The summed E-state index contributed by atoms with van der Waals surface area (Å²) in [5.41, 5.74) is 0.556. The summed E-state index contributed by atoms with van der Waals surface area (Å²) in [6.45, 7) is 1.84. The smallest absolute Gasteiger partial charge is 0.343 e. The van der Waals surface area contributed by atoms with Crippen molar-refractivity contribution >= 4 is 5.97 Å². The number of halogens is 1. The Hall–Kier alpha value is -0.910. The van der Waals surface area contributed by atoms with Gasteiger partial charge in [-0.2, -0.15) is 0 Å². The molecule has 4 rings (SSSR count). The average Bonchev–Trinajstić information content (AvgIpc) is 3.43. The number of likely N-dealkylation sites (tertiary alicyclic amines) is 1. The van der Waals surface area contributed by atoms with E-state index in [0.29, 0.717) is 5.92 Å². The number of rotatable bonds is 5. The van der Waals surface area contributed by atoms with E-state index < -0.39 is 11.6 Å². The Bertz CT molecular complexity index is 693. The molecule has 3 fully saturated rings. The summed E-state index contributed by atoms with van der Waals surface area (Å²) in [5.74, 6) is 0.167. The van der Waals surface area contributed by atoms with Gasteiger partial charge in [0.05, 0.1) is 20.6 Å². The third kappa shape index (κ3) is 4.72. The summed E-state index contributed by atoms with van der Waals surface area (Å²) in [6, 6.07) is 8.24. The zero-order chi connectivity index (χ0) is 19.8. The van der Waals surface area contributed by atoms with E-state index in [1.165, 1.54) is 31.2 Å². The van der Waals surface area contributed by atoms with Gasteiger partial charge in [-0.25, -0.2) is 4.79 Å². The highest BCUT2D eigenvalue weighted by molar-refractivity contribution is 5.82. The number of aliphatic hydroxyl groups is 1. The van der Waals surface area contributed by atoms with Gasteiger partial charge in [0.1, 0.15) is 6.54 Å². The van der Waals surface area contributed by atoms with Crippen LogP contribution in [0.3, 0.4) is 0 Å². The van der Waals surface area contributed by atoms with Crippen molar-refractivity contribution in [1.82, 2.24) is 0 Å². The molecule has 2 atom stereocenters. The van der Waals surface area contributed by atoms with Crippen LogP contribution in [0.1, 0.15) is 74.8 Å². The number of quaternary nitrogens is 1. The molecule has 0 spiro atoms. The molecule has 5 heteroatoms. The summed E-state index contributed by atoms with van der Waals surface area (Å²) in [5, 5.41) is 11.7. The van der Waals surface area contributed by atoms with Gasteiger partial charge in [0.25, 0.3) is 0 Å². The van der Waals surface area contributed by atoms with Crippen LogP contribution < -0.4 is 17.0 Å². The number of hydrogen-bond donors (Lipinski definition) is 1. The number of likely N-dealkylation sites (N-methyl/N-ethyl adjacent to an activating group) is 1. The monoisotopic (exact) mass is 465 g/mol. The number of nitrogens with zero attached hydrogens (tertiary/aromatic N) is 1. The van der Waals surface area contributed by atoms with Crippen LogP contribution in [0.25, 0.3) is 0 Å². The average molecular weight is 466 g/mol. The highest BCUT2D eigenvalue weighted by Crippen LogP contribution is 2.43. The predicted molar refractivity (Wildman–Crippen MR) is 110 cm³/mol. The minimum atomic E-state index is -1.51. The number of hydrogen-bond acceptors (Lipinski definition) is 3. The van der Waals surface area contributed by atoms with Gasteiger partial charge in [-0.15, -0.1) is 0 Å². The van der Waals surface area contributed by atoms with Crippen LogP contribution in [0.5, 0.6) is 0 Å². The number of esters is 1. The van der Waals surface area contributed by atoms with Crippen molar-refractivity contribution < 1.29 is 36.1 Å². The summed E-state index contributed by atoms with van der Waals surface area (Å²) >= 11 is 0. The van der Waals surface area contributed by atoms with Gasteiger partial charge in [0.15, 0.2) is 11.7 Å². The second-order valence-electron chi connectivity index (χ2n) is 10.0. The summed E-state index contributed by atoms with van der Waals surface area (Å²) in [6.07, 6.45) is 9.84. The first kappa shape index (κ1) is 22.8. The number of benzene rings is 1. The van der Waals surface area contributed by atoms with E-state index in [9.17, 15) is 9.90 Å².